The monoisotopic (exact) mass is 366 g/mol. The van der Waals surface area contributed by atoms with Gasteiger partial charge in [-0.2, -0.15) is 0 Å². The molecule has 2 aromatic rings. The van der Waals surface area contributed by atoms with E-state index >= 15 is 0 Å². The van der Waals surface area contributed by atoms with Crippen LogP contribution in [-0.4, -0.2) is 27.1 Å². The zero-order chi connectivity index (χ0) is 17.7. The van der Waals surface area contributed by atoms with E-state index in [0.717, 1.165) is 34.4 Å². The predicted octanol–water partition coefficient (Wildman–Crippen LogP) is 2.96. The van der Waals surface area contributed by atoms with Crippen molar-refractivity contribution in [2.24, 2.45) is 0 Å². The Hall–Kier alpha value is -1.70. The van der Waals surface area contributed by atoms with Crippen LogP contribution in [0.1, 0.15) is 32.6 Å². The summed E-state index contributed by atoms with van der Waals surface area (Å²) in [6.45, 7) is 4.37. The molecule has 0 bridgehead atoms. The maximum absolute atomic E-state index is 12.5. The molecular weight excluding hydrogens is 344 g/mol. The number of carbonyl (C=O) groups is 1. The molecule has 0 unspecified atom stereocenters. The average molecular weight is 367 g/mol. The number of sulfonamides is 1. The van der Waals surface area contributed by atoms with Gasteiger partial charge >= 0.3 is 0 Å². The Bertz CT molecular complexity index is 826. The minimum atomic E-state index is -3.18. The first-order valence-electron chi connectivity index (χ1n) is 7.73. The lowest BCUT2D eigenvalue weighted by Crippen LogP contribution is -2.24. The molecule has 0 atom stereocenters. The van der Waals surface area contributed by atoms with E-state index in [1.54, 1.807) is 6.07 Å². The van der Waals surface area contributed by atoms with Gasteiger partial charge in [0.2, 0.25) is 10.0 Å². The van der Waals surface area contributed by atoms with Gasteiger partial charge in [-0.25, -0.2) is 13.1 Å². The maximum atomic E-state index is 12.5. The van der Waals surface area contributed by atoms with E-state index in [-0.39, 0.29) is 5.91 Å². The number of anilines is 1. The second-order valence-corrected chi connectivity index (χ2v) is 8.60. The molecule has 0 fully saturated rings. The van der Waals surface area contributed by atoms with Crippen LogP contribution >= 0.6 is 11.3 Å². The summed E-state index contributed by atoms with van der Waals surface area (Å²) in [7, 11) is -3.18. The van der Waals surface area contributed by atoms with Crippen LogP contribution in [0.2, 0.25) is 0 Å². The molecule has 0 saturated carbocycles. The van der Waals surface area contributed by atoms with Crippen molar-refractivity contribution in [1.29, 1.82) is 0 Å². The summed E-state index contributed by atoms with van der Waals surface area (Å²) in [6.07, 6.45) is 2.55. The topological polar surface area (TPSA) is 75.3 Å². The van der Waals surface area contributed by atoms with Crippen LogP contribution in [-0.2, 0) is 22.9 Å². The van der Waals surface area contributed by atoms with E-state index in [4.69, 9.17) is 0 Å². The van der Waals surface area contributed by atoms with Gasteiger partial charge in [0.15, 0.2) is 0 Å². The molecule has 0 aliphatic carbocycles. The molecule has 7 heteroatoms. The number of amides is 1. The second kappa shape index (κ2) is 7.92. The first kappa shape index (κ1) is 18.6. The zero-order valence-electron chi connectivity index (χ0n) is 14.0. The minimum Gasteiger partial charge on any atom is -0.321 e. The highest BCUT2D eigenvalue weighted by molar-refractivity contribution is 7.88. The van der Waals surface area contributed by atoms with Crippen LogP contribution in [0.15, 0.2) is 30.3 Å². The number of aryl methyl sites for hydroxylation is 2. The van der Waals surface area contributed by atoms with Crippen molar-refractivity contribution in [3.8, 4) is 0 Å². The maximum Gasteiger partial charge on any atom is 0.265 e. The van der Waals surface area contributed by atoms with E-state index in [0.29, 0.717) is 17.8 Å². The molecule has 24 heavy (non-hydrogen) atoms. The lowest BCUT2D eigenvalue weighted by molar-refractivity contribution is 0.103. The molecule has 5 nitrogen and oxygen atoms in total. The molecule has 130 valence electrons. The molecule has 1 aromatic carbocycles. The van der Waals surface area contributed by atoms with E-state index in [9.17, 15) is 13.2 Å². The van der Waals surface area contributed by atoms with Crippen molar-refractivity contribution in [3.05, 3.63) is 51.2 Å². The van der Waals surface area contributed by atoms with E-state index < -0.39 is 10.0 Å². The predicted molar refractivity (Wildman–Crippen MR) is 99.4 cm³/mol. The molecule has 0 aliphatic rings. The lowest BCUT2D eigenvalue weighted by Gasteiger charge is -2.12. The normalized spacial score (nSPS) is 11.5. The van der Waals surface area contributed by atoms with Gasteiger partial charge in [-0.05, 0) is 43.0 Å². The van der Waals surface area contributed by atoms with Gasteiger partial charge in [-0.3, -0.25) is 4.79 Å². The fraction of sp³-hybridized carbons (Fsp3) is 0.353. The third kappa shape index (κ3) is 5.15. The summed E-state index contributed by atoms with van der Waals surface area (Å²) < 4.78 is 24.6. The molecule has 1 aromatic heterocycles. The Morgan fingerprint density at radius 1 is 1.21 bits per heavy atom. The van der Waals surface area contributed by atoms with Gasteiger partial charge in [0.05, 0.1) is 11.1 Å². The lowest BCUT2D eigenvalue weighted by atomic mass is 10.1. The molecule has 1 amide bonds. The fourth-order valence-electron chi connectivity index (χ4n) is 2.37. The van der Waals surface area contributed by atoms with Crippen LogP contribution in [0.25, 0.3) is 0 Å². The number of hydrogen-bond acceptors (Lipinski definition) is 4. The van der Waals surface area contributed by atoms with Crippen LogP contribution in [0.4, 0.5) is 5.69 Å². The molecule has 1 heterocycles. The van der Waals surface area contributed by atoms with Crippen LogP contribution < -0.4 is 10.0 Å². The van der Waals surface area contributed by atoms with E-state index in [2.05, 4.69) is 17.0 Å². The summed E-state index contributed by atoms with van der Waals surface area (Å²) in [5, 5.41) is 3.00. The Labute approximate surface area is 147 Å². The number of nitrogens with one attached hydrogen (secondary N) is 2. The van der Waals surface area contributed by atoms with Gasteiger partial charge in [-0.1, -0.05) is 25.1 Å². The highest BCUT2D eigenvalue weighted by Gasteiger charge is 2.13. The smallest absolute Gasteiger partial charge is 0.265 e. The van der Waals surface area contributed by atoms with E-state index in [1.165, 1.54) is 11.3 Å². The summed E-state index contributed by atoms with van der Waals surface area (Å²) in [4.78, 5) is 14.1. The standard InChI is InChI=1S/C17H22N2O3S2/c1-4-13-7-5-6-12(2)16(13)19-17(20)15-9-8-14(23-15)10-11-18-24(3,21)22/h5-9,18H,4,10-11H2,1-3H3,(H,19,20). The molecule has 0 spiro atoms. The Kier molecular flexibility index (Phi) is 6.15. The summed E-state index contributed by atoms with van der Waals surface area (Å²) in [5.41, 5.74) is 3.02. The Morgan fingerprint density at radius 3 is 2.62 bits per heavy atom. The number of rotatable bonds is 7. The van der Waals surface area contributed by atoms with Crippen LogP contribution in [0.3, 0.4) is 0 Å². The van der Waals surface area contributed by atoms with Gasteiger partial charge in [0.25, 0.3) is 5.91 Å². The third-order valence-electron chi connectivity index (χ3n) is 3.60. The molecule has 0 radical (unpaired) electrons. The fourth-order valence-corrected chi connectivity index (χ4v) is 3.75. The van der Waals surface area contributed by atoms with Gasteiger partial charge in [-0.15, -0.1) is 11.3 Å². The average Bonchev–Trinajstić information content (AvgIpc) is 2.97. The first-order chi connectivity index (χ1) is 11.3. The number of carbonyl (C=O) groups excluding carboxylic acids is 1. The molecule has 0 aliphatic heterocycles. The van der Waals surface area contributed by atoms with Crippen LogP contribution in [0.5, 0.6) is 0 Å². The van der Waals surface area contributed by atoms with E-state index in [1.807, 2.05) is 31.2 Å². The van der Waals surface area contributed by atoms with Gasteiger partial charge in [0, 0.05) is 17.1 Å². The van der Waals surface area contributed by atoms with Gasteiger partial charge in [0.1, 0.15) is 0 Å². The molecule has 0 saturated heterocycles. The van der Waals surface area contributed by atoms with Crippen molar-refractivity contribution in [2.75, 3.05) is 18.1 Å². The highest BCUT2D eigenvalue weighted by Crippen LogP contribution is 2.24. The van der Waals surface area contributed by atoms with Crippen molar-refractivity contribution >= 4 is 33.0 Å². The molecule has 2 rings (SSSR count). The van der Waals surface area contributed by atoms with Crippen molar-refractivity contribution in [1.82, 2.24) is 4.72 Å². The summed E-state index contributed by atoms with van der Waals surface area (Å²) >= 11 is 1.38. The number of para-hydroxylation sites is 1. The molecular formula is C17H22N2O3S2. The Balaban J connectivity index is 2.04. The minimum absolute atomic E-state index is 0.133. The van der Waals surface area contributed by atoms with Crippen molar-refractivity contribution in [2.45, 2.75) is 26.7 Å². The second-order valence-electron chi connectivity index (χ2n) is 5.60. The number of hydrogen-bond donors (Lipinski definition) is 2. The summed E-state index contributed by atoms with van der Waals surface area (Å²) in [5.74, 6) is -0.133. The molecule has 2 N–H and O–H groups in total. The largest absolute Gasteiger partial charge is 0.321 e. The van der Waals surface area contributed by atoms with Gasteiger partial charge < -0.3 is 5.32 Å². The first-order valence-corrected chi connectivity index (χ1v) is 10.4. The number of benzene rings is 1. The SMILES string of the molecule is CCc1cccc(C)c1NC(=O)c1ccc(CCNS(C)(=O)=O)s1. The van der Waals surface area contributed by atoms with Crippen molar-refractivity contribution in [3.63, 3.8) is 0 Å². The van der Waals surface area contributed by atoms with Crippen molar-refractivity contribution < 1.29 is 13.2 Å². The quantitative estimate of drug-likeness (QED) is 0.791. The summed E-state index contributed by atoms with van der Waals surface area (Å²) in [6, 6.07) is 9.62. The Morgan fingerprint density at radius 2 is 1.96 bits per heavy atom. The third-order valence-corrected chi connectivity index (χ3v) is 5.47. The highest BCUT2D eigenvalue weighted by atomic mass is 32.2. The van der Waals surface area contributed by atoms with Crippen LogP contribution in [0, 0.1) is 6.92 Å². The number of thiophene rings is 1. The zero-order valence-corrected chi connectivity index (χ0v) is 15.7.